The summed E-state index contributed by atoms with van der Waals surface area (Å²) in [5, 5.41) is 8.17. The number of fused-ring (bicyclic) bond motifs is 1. The van der Waals surface area contributed by atoms with E-state index in [-0.39, 0.29) is 0 Å². The maximum absolute atomic E-state index is 5.57. The molecule has 3 rings (SSSR count). The molecule has 0 unspecified atom stereocenters. The minimum Gasteiger partial charge on any atom is -0.376 e. The fraction of sp³-hybridized carbons (Fsp3) is 0.750. The standard InChI is InChI=1S/C12H19N3O/c1-15-11-4-6-16-8-10(11)12(14-15)9-3-2-5-13-7-9/h9,13H,2-8H2,1H3/t9-/m0/s1. The van der Waals surface area contributed by atoms with Crippen LogP contribution >= 0.6 is 0 Å². The van der Waals surface area contributed by atoms with Crippen molar-refractivity contribution in [2.24, 2.45) is 7.05 Å². The maximum Gasteiger partial charge on any atom is 0.0753 e. The van der Waals surface area contributed by atoms with Gasteiger partial charge in [0.1, 0.15) is 0 Å². The van der Waals surface area contributed by atoms with Gasteiger partial charge in [0.05, 0.1) is 18.9 Å². The van der Waals surface area contributed by atoms with E-state index in [0.29, 0.717) is 5.92 Å². The van der Waals surface area contributed by atoms with Gasteiger partial charge in [0.15, 0.2) is 0 Å². The van der Waals surface area contributed by atoms with E-state index in [1.807, 2.05) is 0 Å². The SMILES string of the molecule is Cn1nc([C@H]2CCCNC2)c2c1CCOC2. The highest BCUT2D eigenvalue weighted by atomic mass is 16.5. The van der Waals surface area contributed by atoms with E-state index in [4.69, 9.17) is 9.84 Å². The van der Waals surface area contributed by atoms with E-state index in [0.717, 1.165) is 32.7 Å². The first-order chi connectivity index (χ1) is 7.86. The third-order valence-electron chi connectivity index (χ3n) is 3.72. The van der Waals surface area contributed by atoms with Gasteiger partial charge in [-0.1, -0.05) is 0 Å². The lowest BCUT2D eigenvalue weighted by Crippen LogP contribution is -2.29. The first-order valence-corrected chi connectivity index (χ1v) is 6.19. The maximum atomic E-state index is 5.57. The Morgan fingerprint density at radius 2 is 2.44 bits per heavy atom. The molecule has 1 fully saturated rings. The van der Waals surface area contributed by atoms with Gasteiger partial charge in [-0.05, 0) is 19.4 Å². The van der Waals surface area contributed by atoms with Crippen molar-refractivity contribution in [1.29, 1.82) is 0 Å². The van der Waals surface area contributed by atoms with Crippen molar-refractivity contribution in [3.63, 3.8) is 0 Å². The zero-order valence-corrected chi connectivity index (χ0v) is 9.83. The number of ether oxygens (including phenoxy) is 1. The summed E-state index contributed by atoms with van der Waals surface area (Å²) < 4.78 is 7.62. The van der Waals surface area contributed by atoms with Gasteiger partial charge in [-0.15, -0.1) is 0 Å². The number of nitrogens with one attached hydrogen (secondary N) is 1. The van der Waals surface area contributed by atoms with Crippen LogP contribution in [-0.2, 0) is 24.8 Å². The van der Waals surface area contributed by atoms with Crippen LogP contribution in [0.2, 0.25) is 0 Å². The van der Waals surface area contributed by atoms with E-state index in [1.165, 1.54) is 29.8 Å². The second-order valence-corrected chi connectivity index (χ2v) is 4.78. The van der Waals surface area contributed by atoms with Crippen LogP contribution in [0.15, 0.2) is 0 Å². The monoisotopic (exact) mass is 221 g/mol. The van der Waals surface area contributed by atoms with Gasteiger partial charge in [-0.3, -0.25) is 4.68 Å². The molecule has 1 saturated heterocycles. The Balaban J connectivity index is 1.93. The Kier molecular flexibility index (Phi) is 2.69. The highest BCUT2D eigenvalue weighted by Gasteiger charge is 2.26. The van der Waals surface area contributed by atoms with Crippen molar-refractivity contribution in [2.45, 2.75) is 31.8 Å². The average Bonchev–Trinajstić information content (AvgIpc) is 2.69. The van der Waals surface area contributed by atoms with Gasteiger partial charge in [-0.25, -0.2) is 0 Å². The molecule has 2 aliphatic rings. The van der Waals surface area contributed by atoms with Gasteiger partial charge in [0.2, 0.25) is 0 Å². The second-order valence-electron chi connectivity index (χ2n) is 4.78. The van der Waals surface area contributed by atoms with Crippen molar-refractivity contribution in [2.75, 3.05) is 19.7 Å². The molecule has 4 nitrogen and oxygen atoms in total. The Hall–Kier alpha value is -0.870. The van der Waals surface area contributed by atoms with E-state index in [2.05, 4.69) is 17.0 Å². The smallest absolute Gasteiger partial charge is 0.0753 e. The molecule has 88 valence electrons. The van der Waals surface area contributed by atoms with Crippen LogP contribution in [0, 0.1) is 0 Å². The molecular formula is C12H19N3O. The molecule has 4 heteroatoms. The summed E-state index contributed by atoms with van der Waals surface area (Å²) in [6.45, 7) is 3.83. The highest BCUT2D eigenvalue weighted by molar-refractivity contribution is 5.30. The number of piperidine rings is 1. The lowest BCUT2D eigenvalue weighted by atomic mass is 9.92. The predicted octanol–water partition coefficient (Wildman–Crippen LogP) is 0.960. The van der Waals surface area contributed by atoms with Crippen LogP contribution in [-0.4, -0.2) is 29.5 Å². The second kappa shape index (κ2) is 4.18. The van der Waals surface area contributed by atoms with Gasteiger partial charge in [0, 0.05) is 37.2 Å². The van der Waals surface area contributed by atoms with Crippen molar-refractivity contribution in [3.8, 4) is 0 Å². The molecule has 0 radical (unpaired) electrons. The third kappa shape index (κ3) is 1.66. The minimum atomic E-state index is 0.588. The quantitative estimate of drug-likeness (QED) is 0.767. The number of aromatic nitrogens is 2. The summed E-state index contributed by atoms with van der Waals surface area (Å²) >= 11 is 0. The molecule has 1 atom stereocenters. The average molecular weight is 221 g/mol. The van der Waals surface area contributed by atoms with Crippen LogP contribution in [0.1, 0.15) is 35.7 Å². The van der Waals surface area contributed by atoms with E-state index in [1.54, 1.807) is 0 Å². The topological polar surface area (TPSA) is 39.1 Å². The molecule has 0 spiro atoms. The van der Waals surface area contributed by atoms with Crippen LogP contribution in [0.5, 0.6) is 0 Å². The Labute approximate surface area is 96.0 Å². The summed E-state index contributed by atoms with van der Waals surface area (Å²) in [6, 6.07) is 0. The van der Waals surface area contributed by atoms with E-state index >= 15 is 0 Å². The molecule has 0 saturated carbocycles. The van der Waals surface area contributed by atoms with Crippen LogP contribution in [0.25, 0.3) is 0 Å². The molecule has 0 aliphatic carbocycles. The molecule has 0 amide bonds. The lowest BCUT2D eigenvalue weighted by Gasteiger charge is -2.23. The molecule has 1 aromatic rings. The van der Waals surface area contributed by atoms with Gasteiger partial charge >= 0.3 is 0 Å². The van der Waals surface area contributed by atoms with Gasteiger partial charge in [0.25, 0.3) is 0 Å². The summed E-state index contributed by atoms with van der Waals surface area (Å²) in [5.41, 5.74) is 4.03. The number of hydrogen-bond donors (Lipinski definition) is 1. The molecule has 2 aliphatic heterocycles. The Morgan fingerprint density at radius 3 is 3.25 bits per heavy atom. The van der Waals surface area contributed by atoms with Crippen molar-refractivity contribution in [3.05, 3.63) is 17.0 Å². The number of rotatable bonds is 1. The molecular weight excluding hydrogens is 202 g/mol. The van der Waals surface area contributed by atoms with Crippen LogP contribution in [0.3, 0.4) is 0 Å². The zero-order chi connectivity index (χ0) is 11.0. The third-order valence-corrected chi connectivity index (χ3v) is 3.72. The molecule has 3 heterocycles. The Morgan fingerprint density at radius 1 is 1.50 bits per heavy atom. The zero-order valence-electron chi connectivity index (χ0n) is 9.83. The number of aryl methyl sites for hydroxylation is 1. The van der Waals surface area contributed by atoms with E-state index in [9.17, 15) is 0 Å². The highest BCUT2D eigenvalue weighted by Crippen LogP contribution is 2.29. The summed E-state index contributed by atoms with van der Waals surface area (Å²) in [5.74, 6) is 0.588. The van der Waals surface area contributed by atoms with Crippen LogP contribution < -0.4 is 5.32 Å². The molecule has 16 heavy (non-hydrogen) atoms. The first kappa shape index (κ1) is 10.3. The van der Waals surface area contributed by atoms with Crippen molar-refractivity contribution in [1.82, 2.24) is 15.1 Å². The largest absolute Gasteiger partial charge is 0.376 e. The summed E-state index contributed by atoms with van der Waals surface area (Å²) in [6.07, 6.45) is 3.53. The van der Waals surface area contributed by atoms with Gasteiger partial charge < -0.3 is 10.1 Å². The van der Waals surface area contributed by atoms with E-state index < -0.39 is 0 Å². The minimum absolute atomic E-state index is 0.588. The molecule has 1 N–H and O–H groups in total. The first-order valence-electron chi connectivity index (χ1n) is 6.19. The van der Waals surface area contributed by atoms with Crippen molar-refractivity contribution < 1.29 is 4.74 Å². The fourth-order valence-corrected chi connectivity index (χ4v) is 2.85. The van der Waals surface area contributed by atoms with Gasteiger partial charge in [-0.2, -0.15) is 5.10 Å². The lowest BCUT2D eigenvalue weighted by molar-refractivity contribution is 0.108. The normalized spacial score (nSPS) is 25.4. The number of nitrogens with zero attached hydrogens (tertiary/aromatic N) is 2. The van der Waals surface area contributed by atoms with Crippen LogP contribution in [0.4, 0.5) is 0 Å². The molecule has 0 bridgehead atoms. The Bertz CT molecular complexity index is 380. The predicted molar refractivity (Wildman–Crippen MR) is 61.4 cm³/mol. The summed E-state index contributed by atoms with van der Waals surface area (Å²) in [7, 11) is 2.06. The fourth-order valence-electron chi connectivity index (χ4n) is 2.85. The number of hydrogen-bond acceptors (Lipinski definition) is 3. The molecule has 0 aromatic carbocycles. The van der Waals surface area contributed by atoms with Crippen molar-refractivity contribution >= 4 is 0 Å². The molecule has 1 aromatic heterocycles. The summed E-state index contributed by atoms with van der Waals surface area (Å²) in [4.78, 5) is 0.